The largest absolute Gasteiger partial charge is 0.426 e. The van der Waals surface area contributed by atoms with Crippen molar-refractivity contribution in [2.45, 2.75) is 45.7 Å². The molecule has 0 radical (unpaired) electrons. The van der Waals surface area contributed by atoms with Gasteiger partial charge in [-0.05, 0) is 45.9 Å². The summed E-state index contributed by atoms with van der Waals surface area (Å²) in [7, 11) is 3.93. The van der Waals surface area contributed by atoms with Crippen molar-refractivity contribution in [1.82, 2.24) is 4.90 Å². The van der Waals surface area contributed by atoms with Crippen LogP contribution < -0.4 is 9.64 Å². The molecule has 0 aliphatic carbocycles. The number of carbonyl (C=O) groups is 1. The van der Waals surface area contributed by atoms with E-state index in [1.54, 1.807) is 20.8 Å². The smallest absolute Gasteiger partial charge is 0.316 e. The molecule has 0 bridgehead atoms. The van der Waals surface area contributed by atoms with Gasteiger partial charge >= 0.3 is 5.97 Å². The van der Waals surface area contributed by atoms with Gasteiger partial charge in [0.25, 0.3) is 5.69 Å². The van der Waals surface area contributed by atoms with Crippen LogP contribution in [0.2, 0.25) is 0 Å². The van der Waals surface area contributed by atoms with Crippen molar-refractivity contribution >= 4 is 17.3 Å². The summed E-state index contributed by atoms with van der Waals surface area (Å²) in [6.07, 6.45) is 0.967. The van der Waals surface area contributed by atoms with Crippen molar-refractivity contribution in [3.05, 3.63) is 27.8 Å². The molecule has 25 heavy (non-hydrogen) atoms. The third-order valence-electron chi connectivity index (χ3n) is 5.39. The molecule has 0 N–H and O–H groups in total. The van der Waals surface area contributed by atoms with E-state index in [0.717, 1.165) is 18.5 Å². The Morgan fingerprint density at radius 1 is 1.36 bits per heavy atom. The van der Waals surface area contributed by atoms with Crippen molar-refractivity contribution in [2.75, 3.05) is 25.5 Å². The van der Waals surface area contributed by atoms with Crippen molar-refractivity contribution in [3.8, 4) is 5.75 Å². The van der Waals surface area contributed by atoms with Crippen molar-refractivity contribution in [2.24, 2.45) is 5.41 Å². The van der Waals surface area contributed by atoms with Gasteiger partial charge in [0.05, 0.1) is 22.6 Å². The summed E-state index contributed by atoms with van der Waals surface area (Å²) >= 11 is 0. The highest BCUT2D eigenvalue weighted by Crippen LogP contribution is 2.55. The fourth-order valence-corrected chi connectivity index (χ4v) is 4.12. The van der Waals surface area contributed by atoms with E-state index in [4.69, 9.17) is 4.74 Å². The maximum Gasteiger partial charge on any atom is 0.316 e. The van der Waals surface area contributed by atoms with Crippen LogP contribution in [0.4, 0.5) is 11.4 Å². The number of benzene rings is 1. The molecule has 1 aromatic carbocycles. The van der Waals surface area contributed by atoms with Gasteiger partial charge in [-0.1, -0.05) is 6.92 Å². The predicted molar refractivity (Wildman–Crippen MR) is 95.0 cm³/mol. The molecule has 136 valence electrons. The molecule has 0 aromatic heterocycles. The van der Waals surface area contributed by atoms with Gasteiger partial charge < -0.3 is 9.64 Å². The van der Waals surface area contributed by atoms with E-state index in [-0.39, 0.29) is 23.0 Å². The lowest BCUT2D eigenvalue weighted by Gasteiger charge is -2.32. The number of ether oxygens (including phenoxy) is 1. The summed E-state index contributed by atoms with van der Waals surface area (Å²) in [5.74, 6) is -0.159. The molecular weight excluding hydrogens is 322 g/mol. The molecule has 3 rings (SSSR count). The number of nitro groups is 1. The van der Waals surface area contributed by atoms with E-state index in [0.29, 0.717) is 5.69 Å². The number of anilines is 1. The number of hydrogen-bond donors (Lipinski definition) is 0. The van der Waals surface area contributed by atoms with E-state index in [1.807, 2.05) is 25.1 Å². The highest BCUT2D eigenvalue weighted by molar-refractivity contribution is 5.81. The SMILES string of the molecule is CN1CC[C@@]2(C)c3cc(OC(=O)C(C)(C)C)cc([N+](=O)[O-])c3N(C)C12. The number of carbonyl (C=O) groups excluding carboxylic acids is 1. The topological polar surface area (TPSA) is 75.9 Å². The quantitative estimate of drug-likeness (QED) is 0.354. The summed E-state index contributed by atoms with van der Waals surface area (Å²) in [6.45, 7) is 8.32. The van der Waals surface area contributed by atoms with Gasteiger partial charge in [-0.3, -0.25) is 19.8 Å². The van der Waals surface area contributed by atoms with Gasteiger partial charge in [-0.15, -0.1) is 0 Å². The molecule has 0 amide bonds. The molecule has 2 aliphatic heterocycles. The summed E-state index contributed by atoms with van der Waals surface area (Å²) < 4.78 is 5.47. The van der Waals surface area contributed by atoms with Crippen LogP contribution in [0.1, 0.15) is 39.7 Å². The van der Waals surface area contributed by atoms with Crippen LogP contribution in [-0.4, -0.2) is 42.6 Å². The molecule has 2 atom stereocenters. The van der Waals surface area contributed by atoms with E-state index >= 15 is 0 Å². The Hall–Kier alpha value is -2.15. The Labute approximate surface area is 147 Å². The fourth-order valence-electron chi connectivity index (χ4n) is 4.12. The minimum absolute atomic E-state index is 0.0132. The number of fused-ring (bicyclic) bond motifs is 3. The standard InChI is InChI=1S/C18H25N3O4/c1-17(2,3)16(22)25-11-9-12-14(13(10-11)21(23)24)20(6)15-18(12,4)7-8-19(15)5/h9-10,15H,7-8H2,1-6H3/t15?,18-/m0/s1. The number of likely N-dealkylation sites (N-methyl/N-ethyl adjacent to an activating group) is 2. The maximum absolute atomic E-state index is 12.2. The van der Waals surface area contributed by atoms with Gasteiger partial charge in [-0.2, -0.15) is 0 Å². The van der Waals surface area contributed by atoms with Gasteiger partial charge in [0.15, 0.2) is 0 Å². The Morgan fingerprint density at radius 2 is 2.00 bits per heavy atom. The molecule has 1 fully saturated rings. The minimum Gasteiger partial charge on any atom is -0.426 e. The Bertz CT molecular complexity index is 755. The first-order chi connectivity index (χ1) is 11.5. The average Bonchev–Trinajstić information content (AvgIpc) is 2.91. The number of nitro benzene ring substituents is 1. The van der Waals surface area contributed by atoms with E-state index in [9.17, 15) is 14.9 Å². The number of esters is 1. The van der Waals surface area contributed by atoms with Gasteiger partial charge in [0, 0.05) is 19.0 Å². The van der Waals surface area contributed by atoms with Gasteiger partial charge in [0.1, 0.15) is 11.4 Å². The lowest BCUT2D eigenvalue weighted by atomic mass is 9.81. The fraction of sp³-hybridized carbons (Fsp3) is 0.611. The molecule has 0 saturated carbocycles. The van der Waals surface area contributed by atoms with Crippen molar-refractivity contribution in [1.29, 1.82) is 0 Å². The molecular formula is C18H25N3O4. The third kappa shape index (κ3) is 2.57. The summed E-state index contributed by atoms with van der Waals surface area (Å²) in [4.78, 5) is 27.7. The molecule has 1 unspecified atom stereocenters. The monoisotopic (exact) mass is 347 g/mol. The van der Waals surface area contributed by atoms with Crippen LogP contribution in [-0.2, 0) is 10.2 Å². The maximum atomic E-state index is 12.2. The molecule has 7 heteroatoms. The first-order valence-electron chi connectivity index (χ1n) is 8.45. The van der Waals surface area contributed by atoms with Crippen molar-refractivity contribution < 1.29 is 14.5 Å². The normalized spacial score (nSPS) is 25.7. The summed E-state index contributed by atoms with van der Waals surface area (Å²) in [5.41, 5.74) is 0.592. The van der Waals surface area contributed by atoms with Crippen molar-refractivity contribution in [3.63, 3.8) is 0 Å². The van der Waals surface area contributed by atoms with Gasteiger partial charge in [-0.25, -0.2) is 0 Å². The highest BCUT2D eigenvalue weighted by Gasteiger charge is 2.54. The first-order valence-corrected chi connectivity index (χ1v) is 8.45. The van der Waals surface area contributed by atoms with Crippen LogP contribution in [0.25, 0.3) is 0 Å². The zero-order valence-corrected chi connectivity index (χ0v) is 15.6. The third-order valence-corrected chi connectivity index (χ3v) is 5.39. The minimum atomic E-state index is -0.676. The Balaban J connectivity index is 2.13. The zero-order valence-electron chi connectivity index (χ0n) is 15.6. The van der Waals surface area contributed by atoms with E-state index < -0.39 is 16.3 Å². The number of rotatable bonds is 2. The predicted octanol–water partition coefficient (Wildman–Crippen LogP) is 2.92. The number of nitrogens with zero attached hydrogens (tertiary/aromatic N) is 3. The van der Waals surface area contributed by atoms with E-state index in [1.165, 1.54) is 6.07 Å². The number of likely N-dealkylation sites (tertiary alicyclic amines) is 1. The zero-order chi connectivity index (χ0) is 18.7. The summed E-state index contributed by atoms with van der Waals surface area (Å²) in [6, 6.07) is 3.17. The van der Waals surface area contributed by atoms with Gasteiger partial charge in [0.2, 0.25) is 0 Å². The van der Waals surface area contributed by atoms with E-state index in [2.05, 4.69) is 11.8 Å². The molecule has 2 aliphatic rings. The summed E-state index contributed by atoms with van der Waals surface area (Å²) in [5, 5.41) is 11.7. The number of hydrogen-bond acceptors (Lipinski definition) is 6. The Morgan fingerprint density at radius 3 is 2.56 bits per heavy atom. The molecule has 2 heterocycles. The van der Waals surface area contributed by atoms with Crippen LogP contribution in [0, 0.1) is 15.5 Å². The molecule has 1 aromatic rings. The van der Waals surface area contributed by atoms with Crippen LogP contribution in [0.15, 0.2) is 12.1 Å². The highest BCUT2D eigenvalue weighted by atomic mass is 16.6. The lowest BCUT2D eigenvalue weighted by Crippen LogP contribution is -2.45. The second-order valence-corrected chi connectivity index (χ2v) is 8.37. The second kappa shape index (κ2) is 5.42. The first kappa shape index (κ1) is 17.7. The lowest BCUT2D eigenvalue weighted by molar-refractivity contribution is -0.384. The molecule has 1 saturated heterocycles. The van der Waals surface area contributed by atoms with Crippen LogP contribution >= 0.6 is 0 Å². The van der Waals surface area contributed by atoms with Crippen LogP contribution in [0.3, 0.4) is 0 Å². The Kier molecular flexibility index (Phi) is 3.83. The second-order valence-electron chi connectivity index (χ2n) is 8.37. The molecule has 0 spiro atoms. The average molecular weight is 347 g/mol. The van der Waals surface area contributed by atoms with Crippen LogP contribution in [0.5, 0.6) is 5.75 Å². The molecule has 7 nitrogen and oxygen atoms in total.